The van der Waals surface area contributed by atoms with Crippen molar-refractivity contribution in [1.29, 1.82) is 0 Å². The first-order valence-electron chi connectivity index (χ1n) is 24.2. The first-order chi connectivity index (χ1) is 26.4. The Morgan fingerprint density at radius 1 is 0.500 bits per heavy atom. The molecule has 0 aromatic heterocycles. The number of piperidine rings is 1. The number of hydrogen-bond donors (Lipinski definition) is 0. The van der Waals surface area contributed by atoms with E-state index in [-0.39, 0.29) is 11.9 Å². The molecule has 1 aliphatic heterocycles. The largest absolute Gasteiger partial charge is 0.465 e. The summed E-state index contributed by atoms with van der Waals surface area (Å²) < 4.78 is 12.0. The molecule has 0 bridgehead atoms. The number of carbonyl (C=O) groups excluding carboxylic acids is 2. The Hall–Kier alpha value is -1.14. The van der Waals surface area contributed by atoms with E-state index in [1.165, 1.54) is 180 Å². The Bertz CT molecular complexity index is 742. The van der Waals surface area contributed by atoms with Crippen molar-refractivity contribution in [2.24, 2.45) is 11.8 Å². The van der Waals surface area contributed by atoms with Crippen molar-refractivity contribution < 1.29 is 19.1 Å². The van der Waals surface area contributed by atoms with Gasteiger partial charge in [0.15, 0.2) is 0 Å². The van der Waals surface area contributed by atoms with Gasteiger partial charge in [-0.2, -0.15) is 0 Å². The van der Waals surface area contributed by atoms with Gasteiger partial charge in [-0.15, -0.1) is 0 Å². The van der Waals surface area contributed by atoms with Gasteiger partial charge in [0.25, 0.3) is 0 Å². The zero-order valence-corrected chi connectivity index (χ0v) is 37.1. The second-order valence-electron chi connectivity index (χ2n) is 17.4. The van der Waals surface area contributed by atoms with E-state index < -0.39 is 0 Å². The number of likely N-dealkylation sites (tertiary alicyclic amines) is 1. The number of hydrogen-bond acceptors (Lipinski definition) is 6. The fraction of sp³-hybridized carbons (Fsp3) is 0.958. The summed E-state index contributed by atoms with van der Waals surface area (Å²) in [7, 11) is 2.19. The quantitative estimate of drug-likeness (QED) is 0.0459. The minimum Gasteiger partial charge on any atom is -0.465 e. The van der Waals surface area contributed by atoms with E-state index in [1.54, 1.807) is 0 Å². The molecule has 0 radical (unpaired) electrons. The first kappa shape index (κ1) is 50.9. The third kappa shape index (κ3) is 30.1. The SMILES string of the molecule is CCCCCCCCC(CCCCCCCC)COC(=O)CCN(CCC(=O)OCC(CCCCCCCC)CCCCCCCC)C1CCN(C)CC1. The minimum atomic E-state index is -0.0707. The predicted octanol–water partition coefficient (Wildman–Crippen LogP) is 13.5. The van der Waals surface area contributed by atoms with Crippen LogP contribution in [0.5, 0.6) is 0 Å². The zero-order chi connectivity index (χ0) is 39.3. The lowest BCUT2D eigenvalue weighted by atomic mass is 9.94. The average Bonchev–Trinajstić information content (AvgIpc) is 3.17. The van der Waals surface area contributed by atoms with E-state index in [0.717, 1.165) is 25.9 Å². The molecule has 0 unspecified atom stereocenters. The van der Waals surface area contributed by atoms with Crippen LogP contribution in [0, 0.1) is 11.8 Å². The number of rotatable bonds is 39. The molecule has 1 aliphatic rings. The second-order valence-corrected chi connectivity index (χ2v) is 17.4. The molecule has 1 saturated heterocycles. The fourth-order valence-corrected chi connectivity index (χ4v) is 8.35. The highest BCUT2D eigenvalue weighted by Crippen LogP contribution is 2.23. The predicted molar refractivity (Wildman–Crippen MR) is 232 cm³/mol. The molecule has 0 N–H and O–H groups in total. The van der Waals surface area contributed by atoms with Crippen LogP contribution >= 0.6 is 0 Å². The molecule has 1 heterocycles. The van der Waals surface area contributed by atoms with Crippen LogP contribution < -0.4 is 0 Å². The molecule has 1 fully saturated rings. The lowest BCUT2D eigenvalue weighted by molar-refractivity contribution is -0.146. The van der Waals surface area contributed by atoms with Gasteiger partial charge >= 0.3 is 11.9 Å². The first-order valence-corrected chi connectivity index (χ1v) is 24.2. The van der Waals surface area contributed by atoms with E-state index in [0.29, 0.717) is 57.0 Å². The summed E-state index contributed by atoms with van der Waals surface area (Å²) in [5.74, 6) is 0.825. The van der Waals surface area contributed by atoms with Gasteiger partial charge in [0.2, 0.25) is 0 Å². The van der Waals surface area contributed by atoms with E-state index in [9.17, 15) is 9.59 Å². The number of unbranched alkanes of at least 4 members (excludes halogenated alkanes) is 20. The van der Waals surface area contributed by atoms with E-state index >= 15 is 0 Å². The third-order valence-corrected chi connectivity index (χ3v) is 12.2. The molecule has 320 valence electrons. The lowest BCUT2D eigenvalue weighted by Gasteiger charge is -2.37. The highest BCUT2D eigenvalue weighted by Gasteiger charge is 2.25. The van der Waals surface area contributed by atoms with Crippen LogP contribution in [-0.4, -0.2) is 74.2 Å². The summed E-state index contributed by atoms with van der Waals surface area (Å²) >= 11 is 0. The maximum Gasteiger partial charge on any atom is 0.307 e. The summed E-state index contributed by atoms with van der Waals surface area (Å²) in [5, 5.41) is 0. The van der Waals surface area contributed by atoms with Gasteiger partial charge in [-0.05, 0) is 70.5 Å². The molecule has 0 saturated carbocycles. The van der Waals surface area contributed by atoms with Gasteiger partial charge < -0.3 is 14.4 Å². The molecule has 1 rings (SSSR count). The topological polar surface area (TPSA) is 59.1 Å². The second kappa shape index (κ2) is 37.4. The van der Waals surface area contributed by atoms with Crippen LogP contribution in [0.15, 0.2) is 0 Å². The van der Waals surface area contributed by atoms with Crippen molar-refractivity contribution in [3.63, 3.8) is 0 Å². The Balaban J connectivity index is 2.63. The normalized spacial score (nSPS) is 14.1. The van der Waals surface area contributed by atoms with Crippen molar-refractivity contribution in [2.45, 2.75) is 239 Å². The fourth-order valence-electron chi connectivity index (χ4n) is 8.35. The minimum absolute atomic E-state index is 0.0707. The van der Waals surface area contributed by atoms with Gasteiger partial charge in [-0.3, -0.25) is 14.5 Å². The van der Waals surface area contributed by atoms with Crippen molar-refractivity contribution in [2.75, 3.05) is 46.4 Å². The summed E-state index contributed by atoms with van der Waals surface area (Å²) in [6, 6.07) is 0.406. The van der Waals surface area contributed by atoms with Crippen LogP contribution in [-0.2, 0) is 19.1 Å². The van der Waals surface area contributed by atoms with Crippen molar-refractivity contribution in [3.8, 4) is 0 Å². The van der Waals surface area contributed by atoms with Crippen LogP contribution in [0.1, 0.15) is 233 Å². The van der Waals surface area contributed by atoms with Gasteiger partial charge in [0.1, 0.15) is 0 Å². The monoisotopic (exact) mass is 763 g/mol. The Morgan fingerprint density at radius 3 is 1.11 bits per heavy atom. The van der Waals surface area contributed by atoms with Gasteiger partial charge in [0.05, 0.1) is 26.1 Å². The van der Waals surface area contributed by atoms with Gasteiger partial charge in [-0.25, -0.2) is 0 Å². The Kier molecular flexibility index (Phi) is 35.3. The molecular formula is C48H94N2O4. The molecule has 6 heteroatoms. The van der Waals surface area contributed by atoms with Gasteiger partial charge in [-0.1, -0.05) is 182 Å². The summed E-state index contributed by atoms with van der Waals surface area (Å²) in [6.07, 6.45) is 39.1. The number of nitrogens with zero attached hydrogens (tertiary/aromatic N) is 2. The number of esters is 2. The van der Waals surface area contributed by atoms with Gasteiger partial charge in [0, 0.05) is 19.1 Å². The number of carbonyl (C=O) groups is 2. The van der Waals surface area contributed by atoms with Crippen LogP contribution in [0.3, 0.4) is 0 Å². The van der Waals surface area contributed by atoms with E-state index in [1.807, 2.05) is 0 Å². The highest BCUT2D eigenvalue weighted by atomic mass is 16.5. The lowest BCUT2D eigenvalue weighted by Crippen LogP contribution is -2.45. The Morgan fingerprint density at radius 2 is 0.796 bits per heavy atom. The van der Waals surface area contributed by atoms with E-state index in [2.05, 4.69) is 44.5 Å². The molecule has 54 heavy (non-hydrogen) atoms. The summed E-state index contributed by atoms with van der Waals surface area (Å²) in [6.45, 7) is 13.7. The molecular weight excluding hydrogens is 669 g/mol. The van der Waals surface area contributed by atoms with Crippen molar-refractivity contribution in [1.82, 2.24) is 9.80 Å². The van der Waals surface area contributed by atoms with Crippen LogP contribution in [0.4, 0.5) is 0 Å². The molecule has 0 aliphatic carbocycles. The maximum absolute atomic E-state index is 13.2. The zero-order valence-electron chi connectivity index (χ0n) is 37.1. The highest BCUT2D eigenvalue weighted by molar-refractivity contribution is 5.70. The molecule has 0 spiro atoms. The molecule has 0 amide bonds. The summed E-state index contributed by atoms with van der Waals surface area (Å²) in [4.78, 5) is 31.1. The van der Waals surface area contributed by atoms with Crippen molar-refractivity contribution in [3.05, 3.63) is 0 Å². The smallest absolute Gasteiger partial charge is 0.307 e. The van der Waals surface area contributed by atoms with Crippen molar-refractivity contribution >= 4 is 11.9 Å². The van der Waals surface area contributed by atoms with Crippen LogP contribution in [0.2, 0.25) is 0 Å². The Labute approximate surface area is 337 Å². The number of ether oxygens (including phenoxy) is 2. The maximum atomic E-state index is 13.2. The average molecular weight is 763 g/mol. The summed E-state index contributed by atoms with van der Waals surface area (Å²) in [5.41, 5.74) is 0. The molecule has 0 atom stereocenters. The van der Waals surface area contributed by atoms with Crippen LogP contribution in [0.25, 0.3) is 0 Å². The molecule has 0 aromatic carbocycles. The standard InChI is InChI=1S/C48H94N2O4/c1-6-10-14-18-22-26-30-44(31-27-23-19-15-11-7-2)42-53-47(51)36-40-50(46-34-38-49(5)39-35-46)41-37-48(52)54-43-45(32-28-24-20-16-12-8-3)33-29-25-21-17-13-9-4/h44-46H,6-43H2,1-5H3. The third-order valence-electron chi connectivity index (χ3n) is 12.2. The van der Waals surface area contributed by atoms with E-state index in [4.69, 9.17) is 9.47 Å². The molecule has 0 aromatic rings. The molecule has 6 nitrogen and oxygen atoms in total.